The molecule has 0 bridgehead atoms. The monoisotopic (exact) mass is 711 g/mol. The molecule has 2 aromatic heterocycles. The van der Waals surface area contributed by atoms with Crippen LogP contribution in [0.4, 0.5) is 0 Å². The molecule has 0 aliphatic carbocycles. The largest absolute Gasteiger partial charge is 0.256 e. The lowest BCUT2D eigenvalue weighted by atomic mass is 9.92. The van der Waals surface area contributed by atoms with Crippen molar-refractivity contribution in [3.8, 4) is 56.3 Å². The van der Waals surface area contributed by atoms with E-state index < -0.39 is 0 Å². The minimum absolute atomic E-state index is 0.678. The number of nitrogens with zero attached hydrogens (tertiary/aromatic N) is 3. The third kappa shape index (κ3) is 5.49. The Kier molecular flexibility index (Phi) is 7.49. The third-order valence-electron chi connectivity index (χ3n) is 11.1. The minimum atomic E-state index is 0.678. The number of aromatic nitrogens is 3. The SMILES string of the molecule is c1ccc2cc(-c3ccc(-c4nc(-c5ccc(-c6cc7ccccc7c7ccccc67)cc5)cc(-c5cc6ccccc6c6ccccc56)n4)cc3)ncc2c1. The lowest BCUT2D eigenvalue weighted by Crippen LogP contribution is -1.97. The number of hydrogen-bond acceptors (Lipinski definition) is 3. The molecule has 56 heavy (non-hydrogen) atoms. The van der Waals surface area contributed by atoms with Gasteiger partial charge >= 0.3 is 0 Å². The van der Waals surface area contributed by atoms with Crippen molar-refractivity contribution in [2.24, 2.45) is 0 Å². The summed E-state index contributed by atoms with van der Waals surface area (Å²) in [5, 5.41) is 12.1. The van der Waals surface area contributed by atoms with Gasteiger partial charge in [0, 0.05) is 33.8 Å². The molecule has 0 saturated carbocycles. The van der Waals surface area contributed by atoms with Gasteiger partial charge in [0.2, 0.25) is 0 Å². The van der Waals surface area contributed by atoms with E-state index in [9.17, 15) is 0 Å². The van der Waals surface area contributed by atoms with Crippen molar-refractivity contribution in [1.29, 1.82) is 0 Å². The second-order valence-corrected chi connectivity index (χ2v) is 14.4. The van der Waals surface area contributed by atoms with Gasteiger partial charge in [-0.05, 0) is 83.9 Å². The van der Waals surface area contributed by atoms with Gasteiger partial charge in [0.05, 0.1) is 17.1 Å². The van der Waals surface area contributed by atoms with Gasteiger partial charge in [-0.1, -0.05) is 170 Å². The third-order valence-corrected chi connectivity index (χ3v) is 11.1. The lowest BCUT2D eigenvalue weighted by molar-refractivity contribution is 1.18. The molecular formula is C53H33N3. The zero-order valence-electron chi connectivity index (χ0n) is 30.4. The lowest BCUT2D eigenvalue weighted by Gasteiger charge is -2.14. The fourth-order valence-corrected chi connectivity index (χ4v) is 8.27. The first-order chi connectivity index (χ1) is 27.7. The van der Waals surface area contributed by atoms with Gasteiger partial charge in [0.1, 0.15) is 0 Å². The highest BCUT2D eigenvalue weighted by molar-refractivity contribution is 6.15. The first-order valence-electron chi connectivity index (χ1n) is 19.0. The molecule has 0 unspecified atom stereocenters. The maximum Gasteiger partial charge on any atom is 0.160 e. The molecule has 2 heterocycles. The number of rotatable bonds is 5. The summed E-state index contributed by atoms with van der Waals surface area (Å²) in [6.45, 7) is 0. The smallest absolute Gasteiger partial charge is 0.160 e. The molecule has 0 spiro atoms. The van der Waals surface area contributed by atoms with Crippen molar-refractivity contribution < 1.29 is 0 Å². The van der Waals surface area contributed by atoms with Crippen molar-refractivity contribution in [2.75, 3.05) is 0 Å². The van der Waals surface area contributed by atoms with Gasteiger partial charge in [-0.2, -0.15) is 0 Å². The minimum Gasteiger partial charge on any atom is -0.256 e. The highest BCUT2D eigenvalue weighted by atomic mass is 14.9. The first-order valence-corrected chi connectivity index (χ1v) is 19.0. The van der Waals surface area contributed by atoms with Crippen LogP contribution in [0.5, 0.6) is 0 Å². The first kappa shape index (κ1) is 32.0. The highest BCUT2D eigenvalue weighted by Gasteiger charge is 2.16. The summed E-state index contributed by atoms with van der Waals surface area (Å²) in [6.07, 6.45) is 1.94. The van der Waals surface area contributed by atoms with Crippen molar-refractivity contribution >= 4 is 53.9 Å². The van der Waals surface area contributed by atoms with Crippen molar-refractivity contribution in [2.45, 2.75) is 0 Å². The Morgan fingerprint density at radius 1 is 0.268 bits per heavy atom. The summed E-state index contributed by atoms with van der Waals surface area (Å²) < 4.78 is 0. The molecule has 0 radical (unpaired) electrons. The summed E-state index contributed by atoms with van der Waals surface area (Å²) in [4.78, 5) is 15.3. The summed E-state index contributed by atoms with van der Waals surface area (Å²) in [5.41, 5.74) is 9.20. The fourth-order valence-electron chi connectivity index (χ4n) is 8.27. The predicted octanol–water partition coefficient (Wildman–Crippen LogP) is 14.0. The van der Waals surface area contributed by atoms with Gasteiger partial charge in [-0.3, -0.25) is 4.98 Å². The number of fused-ring (bicyclic) bond motifs is 7. The summed E-state index contributed by atoms with van der Waals surface area (Å²) >= 11 is 0. The van der Waals surface area contributed by atoms with E-state index in [1.165, 1.54) is 54.2 Å². The van der Waals surface area contributed by atoms with Crippen LogP contribution >= 0.6 is 0 Å². The van der Waals surface area contributed by atoms with E-state index in [0.717, 1.165) is 50.1 Å². The molecule has 9 aromatic carbocycles. The van der Waals surface area contributed by atoms with Crippen molar-refractivity contribution in [3.05, 3.63) is 200 Å². The zero-order valence-corrected chi connectivity index (χ0v) is 30.4. The Morgan fingerprint density at radius 2 is 0.714 bits per heavy atom. The summed E-state index contributed by atoms with van der Waals surface area (Å²) in [5.74, 6) is 0.678. The molecule has 0 amide bonds. The van der Waals surface area contributed by atoms with Crippen molar-refractivity contribution in [3.63, 3.8) is 0 Å². The van der Waals surface area contributed by atoms with E-state index in [1.54, 1.807) is 0 Å². The standard InChI is InChI=1S/C53H33N3/c1-2-14-41-33-54-50(31-38(41)11-1)35-25-27-37(28-26-35)53-55-51(32-52(56-53)49-30-40-13-4-6-16-43(40)45-18-8-10-20-47(45)49)36-23-21-34(22-24-36)48-29-39-12-3-5-15-42(39)44-17-7-9-19-46(44)48/h1-33H. The molecule has 3 nitrogen and oxygen atoms in total. The van der Waals surface area contributed by atoms with Crippen LogP contribution in [0.3, 0.4) is 0 Å². The van der Waals surface area contributed by atoms with Gasteiger partial charge in [0.25, 0.3) is 0 Å². The Hall–Kier alpha value is -7.49. The van der Waals surface area contributed by atoms with Crippen LogP contribution in [0, 0.1) is 0 Å². The molecule has 0 atom stereocenters. The Labute approximate surface area is 324 Å². The summed E-state index contributed by atoms with van der Waals surface area (Å²) in [6, 6.07) is 69.1. The van der Waals surface area contributed by atoms with Crippen LogP contribution < -0.4 is 0 Å². The van der Waals surface area contributed by atoms with Crippen LogP contribution in [0.1, 0.15) is 0 Å². The van der Waals surface area contributed by atoms with E-state index in [1.807, 2.05) is 12.3 Å². The predicted molar refractivity (Wildman–Crippen MR) is 235 cm³/mol. The maximum absolute atomic E-state index is 5.30. The van der Waals surface area contributed by atoms with E-state index in [4.69, 9.17) is 15.0 Å². The molecule has 0 N–H and O–H groups in total. The molecule has 0 fully saturated rings. The highest BCUT2D eigenvalue weighted by Crippen LogP contribution is 2.39. The van der Waals surface area contributed by atoms with Crippen LogP contribution in [0.15, 0.2) is 200 Å². The van der Waals surface area contributed by atoms with Gasteiger partial charge in [-0.25, -0.2) is 9.97 Å². The van der Waals surface area contributed by atoms with Crippen LogP contribution in [0.2, 0.25) is 0 Å². The second-order valence-electron chi connectivity index (χ2n) is 14.4. The average molecular weight is 712 g/mol. The number of benzene rings is 9. The zero-order chi connectivity index (χ0) is 37.0. The molecule has 260 valence electrons. The normalized spacial score (nSPS) is 11.6. The molecule has 0 aliphatic heterocycles. The Bertz CT molecular complexity index is 3290. The van der Waals surface area contributed by atoms with Gasteiger partial charge < -0.3 is 0 Å². The van der Waals surface area contributed by atoms with Crippen LogP contribution in [-0.4, -0.2) is 15.0 Å². The molecule has 0 saturated heterocycles. The second kappa shape index (κ2) is 13.1. The van der Waals surface area contributed by atoms with Crippen molar-refractivity contribution in [1.82, 2.24) is 15.0 Å². The summed E-state index contributed by atoms with van der Waals surface area (Å²) in [7, 11) is 0. The van der Waals surface area contributed by atoms with E-state index in [2.05, 4.69) is 188 Å². The maximum atomic E-state index is 5.30. The Morgan fingerprint density at radius 3 is 1.36 bits per heavy atom. The topological polar surface area (TPSA) is 38.7 Å². The molecule has 11 aromatic rings. The molecule has 3 heteroatoms. The molecule has 0 aliphatic rings. The van der Waals surface area contributed by atoms with Crippen LogP contribution in [-0.2, 0) is 0 Å². The van der Waals surface area contributed by atoms with E-state index in [-0.39, 0.29) is 0 Å². The Balaban J connectivity index is 1.06. The van der Waals surface area contributed by atoms with Crippen LogP contribution in [0.25, 0.3) is 110 Å². The fraction of sp³-hybridized carbons (Fsp3) is 0. The molecular weight excluding hydrogens is 679 g/mol. The average Bonchev–Trinajstić information content (AvgIpc) is 3.28. The van der Waals surface area contributed by atoms with E-state index >= 15 is 0 Å². The van der Waals surface area contributed by atoms with Gasteiger partial charge in [0.15, 0.2) is 5.82 Å². The molecule has 11 rings (SSSR count). The number of hydrogen-bond donors (Lipinski definition) is 0. The van der Waals surface area contributed by atoms with E-state index in [0.29, 0.717) is 5.82 Å². The number of pyridine rings is 1. The van der Waals surface area contributed by atoms with Gasteiger partial charge in [-0.15, -0.1) is 0 Å². The quantitative estimate of drug-likeness (QED) is 0.167.